The van der Waals surface area contributed by atoms with Gasteiger partial charge in [0.2, 0.25) is 0 Å². The van der Waals surface area contributed by atoms with Crippen LogP contribution in [0, 0.1) is 23.2 Å². The van der Waals surface area contributed by atoms with Crippen molar-refractivity contribution in [2.75, 3.05) is 6.61 Å². The summed E-state index contributed by atoms with van der Waals surface area (Å²) in [6.07, 6.45) is 10.4. The van der Waals surface area contributed by atoms with Gasteiger partial charge in [0, 0.05) is 6.04 Å². The minimum atomic E-state index is 0.298. The molecular weight excluding hydrogens is 236 g/mol. The van der Waals surface area contributed by atoms with Crippen LogP contribution < -0.4 is 11.3 Å². The zero-order valence-electron chi connectivity index (χ0n) is 12.5. The van der Waals surface area contributed by atoms with Crippen LogP contribution in [0.1, 0.15) is 58.8 Å². The predicted molar refractivity (Wildman–Crippen MR) is 77.4 cm³/mol. The van der Waals surface area contributed by atoms with Crippen LogP contribution in [0.2, 0.25) is 0 Å². The Hall–Kier alpha value is -0.120. The molecule has 4 rings (SSSR count). The molecule has 4 aliphatic rings. The topological polar surface area (TPSA) is 47.3 Å². The number of hydrogen-bond donors (Lipinski definition) is 2. The first kappa shape index (κ1) is 13.8. The highest BCUT2D eigenvalue weighted by molar-refractivity contribution is 5.02. The maximum absolute atomic E-state index is 5.77. The van der Waals surface area contributed by atoms with Gasteiger partial charge in [-0.15, -0.1) is 0 Å². The molecule has 110 valence electrons. The lowest BCUT2D eigenvalue weighted by Crippen LogP contribution is -2.50. The Morgan fingerprint density at radius 1 is 1.11 bits per heavy atom. The standard InChI is InChI=1S/C16H30N2O/c1-11(2)19-10-15(18-17)9-16-6-12-3-13(7-16)5-14(4-12)8-16/h11-15,18H,3-10,17H2,1-2H3. The fraction of sp³-hybridized carbons (Fsp3) is 1.00. The highest BCUT2D eigenvalue weighted by Gasteiger charge is 2.51. The van der Waals surface area contributed by atoms with E-state index in [1.807, 2.05) is 0 Å². The Bertz CT molecular complexity index is 281. The molecule has 0 aromatic carbocycles. The maximum atomic E-state index is 5.77. The summed E-state index contributed by atoms with van der Waals surface area (Å²) < 4.78 is 5.77. The van der Waals surface area contributed by atoms with Crippen molar-refractivity contribution in [2.45, 2.75) is 70.9 Å². The summed E-state index contributed by atoms with van der Waals surface area (Å²) in [6, 6.07) is 0.332. The number of hydrogen-bond acceptors (Lipinski definition) is 3. The van der Waals surface area contributed by atoms with Crippen LogP contribution in [0.3, 0.4) is 0 Å². The highest BCUT2D eigenvalue weighted by atomic mass is 16.5. The third kappa shape index (κ3) is 2.98. The van der Waals surface area contributed by atoms with Gasteiger partial charge in [-0.3, -0.25) is 11.3 Å². The molecule has 0 aromatic heterocycles. The number of rotatable bonds is 6. The lowest BCUT2D eigenvalue weighted by atomic mass is 9.48. The zero-order valence-corrected chi connectivity index (χ0v) is 12.5. The van der Waals surface area contributed by atoms with Gasteiger partial charge in [-0.05, 0) is 82.0 Å². The largest absolute Gasteiger partial charge is 0.377 e. The van der Waals surface area contributed by atoms with E-state index in [0.717, 1.165) is 24.4 Å². The van der Waals surface area contributed by atoms with Crippen molar-refractivity contribution in [1.82, 2.24) is 5.43 Å². The Kier molecular flexibility index (Phi) is 3.89. The van der Waals surface area contributed by atoms with E-state index in [1.165, 1.54) is 44.9 Å². The van der Waals surface area contributed by atoms with E-state index in [0.29, 0.717) is 17.6 Å². The third-order valence-electron chi connectivity index (χ3n) is 5.71. The molecule has 0 heterocycles. The van der Waals surface area contributed by atoms with Crippen molar-refractivity contribution in [3.05, 3.63) is 0 Å². The molecule has 0 spiro atoms. The molecule has 3 nitrogen and oxygen atoms in total. The first-order chi connectivity index (χ1) is 9.08. The van der Waals surface area contributed by atoms with E-state index in [9.17, 15) is 0 Å². The predicted octanol–water partition coefficient (Wildman–Crippen LogP) is 2.85. The number of nitrogens with two attached hydrogens (primary N) is 1. The van der Waals surface area contributed by atoms with Crippen molar-refractivity contribution in [1.29, 1.82) is 0 Å². The minimum absolute atomic E-state index is 0.298. The summed E-state index contributed by atoms with van der Waals surface area (Å²) in [5.74, 6) is 8.83. The first-order valence-electron chi connectivity index (χ1n) is 8.16. The van der Waals surface area contributed by atoms with Gasteiger partial charge in [0.25, 0.3) is 0 Å². The second-order valence-corrected chi connectivity index (χ2v) is 7.87. The van der Waals surface area contributed by atoms with Gasteiger partial charge in [-0.1, -0.05) is 0 Å². The van der Waals surface area contributed by atoms with Crippen LogP contribution in [0.15, 0.2) is 0 Å². The summed E-state index contributed by atoms with van der Waals surface area (Å²) in [7, 11) is 0. The molecule has 0 amide bonds. The van der Waals surface area contributed by atoms with E-state index in [4.69, 9.17) is 10.6 Å². The molecule has 4 saturated carbocycles. The van der Waals surface area contributed by atoms with E-state index in [1.54, 1.807) is 0 Å². The van der Waals surface area contributed by atoms with Gasteiger partial charge in [0.1, 0.15) is 0 Å². The van der Waals surface area contributed by atoms with Crippen molar-refractivity contribution >= 4 is 0 Å². The van der Waals surface area contributed by atoms with Crippen LogP contribution in [0.25, 0.3) is 0 Å². The van der Waals surface area contributed by atoms with Gasteiger partial charge in [-0.25, -0.2) is 0 Å². The summed E-state index contributed by atoms with van der Waals surface area (Å²) in [5, 5.41) is 0. The Balaban J connectivity index is 1.61. The molecular formula is C16H30N2O. The van der Waals surface area contributed by atoms with Crippen LogP contribution in [0.5, 0.6) is 0 Å². The zero-order chi connectivity index (χ0) is 13.5. The summed E-state index contributed by atoms with van der Waals surface area (Å²) in [6.45, 7) is 4.95. The van der Waals surface area contributed by atoms with Crippen LogP contribution in [-0.2, 0) is 4.74 Å². The second kappa shape index (κ2) is 5.34. The van der Waals surface area contributed by atoms with Crippen LogP contribution in [0.4, 0.5) is 0 Å². The molecule has 0 aliphatic heterocycles. The maximum Gasteiger partial charge on any atom is 0.0636 e. The normalized spacial score (nSPS) is 42.0. The molecule has 4 fully saturated rings. The molecule has 0 saturated heterocycles. The molecule has 19 heavy (non-hydrogen) atoms. The smallest absolute Gasteiger partial charge is 0.0636 e. The molecule has 1 unspecified atom stereocenters. The lowest BCUT2D eigenvalue weighted by molar-refractivity contribution is -0.0682. The highest BCUT2D eigenvalue weighted by Crippen LogP contribution is 2.61. The average Bonchev–Trinajstić information content (AvgIpc) is 2.32. The van der Waals surface area contributed by atoms with Gasteiger partial charge in [-0.2, -0.15) is 0 Å². The molecule has 0 radical (unpaired) electrons. The second-order valence-electron chi connectivity index (χ2n) is 7.87. The number of nitrogens with one attached hydrogen (secondary N) is 1. The molecule has 0 aromatic rings. The lowest BCUT2D eigenvalue weighted by Gasteiger charge is -2.57. The number of hydrazine groups is 1. The van der Waals surface area contributed by atoms with Crippen molar-refractivity contribution in [3.63, 3.8) is 0 Å². The summed E-state index contributed by atoms with van der Waals surface area (Å²) in [4.78, 5) is 0. The summed E-state index contributed by atoms with van der Waals surface area (Å²) >= 11 is 0. The quantitative estimate of drug-likeness (QED) is 0.574. The Labute approximate surface area is 117 Å². The van der Waals surface area contributed by atoms with Crippen LogP contribution in [-0.4, -0.2) is 18.8 Å². The number of ether oxygens (including phenoxy) is 1. The van der Waals surface area contributed by atoms with Gasteiger partial charge in [0.15, 0.2) is 0 Å². The molecule has 4 aliphatic carbocycles. The monoisotopic (exact) mass is 266 g/mol. The Morgan fingerprint density at radius 2 is 1.63 bits per heavy atom. The van der Waals surface area contributed by atoms with E-state index < -0.39 is 0 Å². The Morgan fingerprint density at radius 3 is 2.05 bits per heavy atom. The van der Waals surface area contributed by atoms with E-state index in [-0.39, 0.29) is 0 Å². The van der Waals surface area contributed by atoms with E-state index in [2.05, 4.69) is 19.3 Å². The van der Waals surface area contributed by atoms with Crippen LogP contribution >= 0.6 is 0 Å². The molecule has 3 heteroatoms. The van der Waals surface area contributed by atoms with Crippen molar-refractivity contribution in [2.24, 2.45) is 29.0 Å². The van der Waals surface area contributed by atoms with Gasteiger partial charge in [0.05, 0.1) is 12.7 Å². The summed E-state index contributed by atoms with van der Waals surface area (Å²) in [5.41, 5.74) is 3.60. The molecule has 3 N–H and O–H groups in total. The third-order valence-corrected chi connectivity index (χ3v) is 5.71. The van der Waals surface area contributed by atoms with Gasteiger partial charge < -0.3 is 4.74 Å². The fourth-order valence-electron chi connectivity index (χ4n) is 5.54. The van der Waals surface area contributed by atoms with Gasteiger partial charge >= 0.3 is 0 Å². The average molecular weight is 266 g/mol. The first-order valence-corrected chi connectivity index (χ1v) is 8.16. The fourth-order valence-corrected chi connectivity index (χ4v) is 5.54. The SMILES string of the molecule is CC(C)OCC(CC12CC3CC(CC(C3)C1)C2)NN. The molecule has 4 bridgehead atoms. The van der Waals surface area contributed by atoms with Crippen molar-refractivity contribution in [3.8, 4) is 0 Å². The van der Waals surface area contributed by atoms with E-state index >= 15 is 0 Å². The minimum Gasteiger partial charge on any atom is -0.377 e. The molecule has 1 atom stereocenters. The van der Waals surface area contributed by atoms with Crippen molar-refractivity contribution < 1.29 is 4.74 Å².